The van der Waals surface area contributed by atoms with Gasteiger partial charge in [0.1, 0.15) is 5.82 Å². The molecule has 0 N–H and O–H groups in total. The molecule has 0 saturated carbocycles. The van der Waals surface area contributed by atoms with Crippen LogP contribution in [0.3, 0.4) is 0 Å². The first-order valence-corrected chi connectivity index (χ1v) is 10.4. The highest BCUT2D eigenvalue weighted by Gasteiger charge is 2.54. The van der Waals surface area contributed by atoms with Gasteiger partial charge in [0.05, 0.1) is 23.6 Å². The van der Waals surface area contributed by atoms with Crippen molar-refractivity contribution in [1.82, 2.24) is 0 Å². The molecule has 7 heteroatoms. The first kappa shape index (κ1) is 17.0. The van der Waals surface area contributed by atoms with Crippen LogP contribution in [-0.2, 0) is 16.3 Å². The fourth-order valence-corrected chi connectivity index (χ4v) is 5.85. The molecular formula is C19H19FN2O3S. The van der Waals surface area contributed by atoms with Crippen molar-refractivity contribution in [2.75, 3.05) is 21.3 Å². The number of fused-ring (bicyclic) bond motifs is 1. The molecule has 136 valence electrons. The number of hydrogen-bond acceptors (Lipinski definition) is 3. The molecule has 2 aliphatic rings. The maximum absolute atomic E-state index is 13.3. The Bertz CT molecular complexity index is 959. The molecule has 2 amide bonds. The number of nitrogens with zero attached hydrogens (tertiary/aromatic N) is 2. The maximum atomic E-state index is 13.3. The Hall–Kier alpha value is -2.41. The van der Waals surface area contributed by atoms with Crippen LogP contribution in [0.5, 0.6) is 0 Å². The highest BCUT2D eigenvalue weighted by atomic mass is 32.2. The van der Waals surface area contributed by atoms with E-state index in [2.05, 4.69) is 0 Å². The SMILES string of the molecule is CCc1ccccc1N1C(=O)N(c2ccc(F)cc2)[C@@H]2CS(=O)(=O)C[C@@H]21. The number of rotatable bonds is 3. The number of carbonyl (C=O) groups is 1. The molecule has 0 radical (unpaired) electrons. The van der Waals surface area contributed by atoms with Gasteiger partial charge in [0.2, 0.25) is 0 Å². The highest BCUT2D eigenvalue weighted by molar-refractivity contribution is 7.91. The van der Waals surface area contributed by atoms with Crippen molar-refractivity contribution in [2.24, 2.45) is 0 Å². The zero-order valence-electron chi connectivity index (χ0n) is 14.3. The highest BCUT2D eigenvalue weighted by Crippen LogP contribution is 2.39. The summed E-state index contributed by atoms with van der Waals surface area (Å²) in [7, 11) is -3.25. The predicted octanol–water partition coefficient (Wildman–Crippen LogP) is 3.00. The van der Waals surface area contributed by atoms with Crippen LogP contribution in [0.15, 0.2) is 48.5 Å². The van der Waals surface area contributed by atoms with E-state index in [0.717, 1.165) is 17.7 Å². The second-order valence-electron chi connectivity index (χ2n) is 6.69. The normalized spacial score (nSPS) is 24.2. The predicted molar refractivity (Wildman–Crippen MR) is 98.8 cm³/mol. The summed E-state index contributed by atoms with van der Waals surface area (Å²) in [5.74, 6) is -0.533. The van der Waals surface area contributed by atoms with Gasteiger partial charge in [-0.2, -0.15) is 0 Å². The zero-order chi connectivity index (χ0) is 18.5. The molecule has 2 atom stereocenters. The fraction of sp³-hybridized carbons (Fsp3) is 0.316. The van der Waals surface area contributed by atoms with Crippen molar-refractivity contribution >= 4 is 27.2 Å². The Morgan fingerprint density at radius 2 is 1.62 bits per heavy atom. The van der Waals surface area contributed by atoms with Gasteiger partial charge in [0.15, 0.2) is 9.84 Å². The van der Waals surface area contributed by atoms with Gasteiger partial charge in [-0.25, -0.2) is 17.6 Å². The summed E-state index contributed by atoms with van der Waals surface area (Å²) >= 11 is 0. The second kappa shape index (κ2) is 6.09. The van der Waals surface area contributed by atoms with Crippen molar-refractivity contribution in [3.05, 3.63) is 59.9 Å². The lowest BCUT2D eigenvalue weighted by atomic mass is 10.1. The summed E-state index contributed by atoms with van der Waals surface area (Å²) in [5, 5.41) is 0. The summed E-state index contributed by atoms with van der Waals surface area (Å²) < 4.78 is 37.9. The molecule has 2 fully saturated rings. The largest absolute Gasteiger partial charge is 0.329 e. The smallest absolute Gasteiger partial charge is 0.288 e. The summed E-state index contributed by atoms with van der Waals surface area (Å²) in [6, 6.07) is 12.0. The standard InChI is InChI=1S/C19H19FN2O3S/c1-2-13-5-3-4-6-16(13)22-18-12-26(24,25)11-17(18)21(19(22)23)15-9-7-14(20)8-10-15/h3-10,17-18H,2,11-12H2,1H3/t17-,18+/m1/s1. The van der Waals surface area contributed by atoms with E-state index in [0.29, 0.717) is 5.69 Å². The molecule has 2 aromatic rings. The quantitative estimate of drug-likeness (QED) is 0.776. The van der Waals surface area contributed by atoms with Crippen LogP contribution in [0, 0.1) is 5.82 Å². The number of amides is 2. The number of benzene rings is 2. The summed E-state index contributed by atoms with van der Waals surface area (Å²) in [6.45, 7) is 2.00. The van der Waals surface area contributed by atoms with E-state index in [9.17, 15) is 17.6 Å². The number of halogens is 1. The molecule has 26 heavy (non-hydrogen) atoms. The molecule has 5 nitrogen and oxygen atoms in total. The third-order valence-electron chi connectivity index (χ3n) is 5.11. The first-order chi connectivity index (χ1) is 12.4. The van der Waals surface area contributed by atoms with E-state index in [1.807, 2.05) is 31.2 Å². The molecule has 2 aliphatic heterocycles. The van der Waals surface area contributed by atoms with E-state index >= 15 is 0 Å². The number of carbonyl (C=O) groups excluding carboxylic acids is 1. The third kappa shape index (κ3) is 2.67. The fourth-order valence-electron chi connectivity index (χ4n) is 3.93. The van der Waals surface area contributed by atoms with Gasteiger partial charge in [-0.3, -0.25) is 9.80 Å². The maximum Gasteiger partial charge on any atom is 0.329 e. The summed E-state index contributed by atoms with van der Waals surface area (Å²) in [6.07, 6.45) is 0.737. The van der Waals surface area contributed by atoms with Crippen LogP contribution in [0.25, 0.3) is 0 Å². The Morgan fingerprint density at radius 3 is 2.27 bits per heavy atom. The topological polar surface area (TPSA) is 57.7 Å². The number of urea groups is 1. The first-order valence-electron chi connectivity index (χ1n) is 8.57. The molecule has 2 heterocycles. The molecule has 4 rings (SSSR count). The van der Waals surface area contributed by atoms with Gasteiger partial charge < -0.3 is 0 Å². The van der Waals surface area contributed by atoms with Crippen LogP contribution in [-0.4, -0.2) is 38.0 Å². The monoisotopic (exact) mass is 374 g/mol. The molecule has 0 spiro atoms. The Labute approximate surface area is 152 Å². The van der Waals surface area contributed by atoms with E-state index in [-0.39, 0.29) is 17.5 Å². The molecular weight excluding hydrogens is 355 g/mol. The minimum absolute atomic E-state index is 0.0564. The number of aryl methyl sites for hydroxylation is 1. The van der Waals surface area contributed by atoms with Gasteiger partial charge in [-0.05, 0) is 42.3 Å². The second-order valence-corrected chi connectivity index (χ2v) is 8.85. The average molecular weight is 374 g/mol. The van der Waals surface area contributed by atoms with Gasteiger partial charge in [0.25, 0.3) is 0 Å². The van der Waals surface area contributed by atoms with E-state index < -0.39 is 27.7 Å². The lowest BCUT2D eigenvalue weighted by Gasteiger charge is -2.24. The Balaban J connectivity index is 1.83. The number of para-hydroxylation sites is 1. The zero-order valence-corrected chi connectivity index (χ0v) is 15.1. The molecule has 0 bridgehead atoms. The van der Waals surface area contributed by atoms with Gasteiger partial charge in [-0.15, -0.1) is 0 Å². The summed E-state index contributed by atoms with van der Waals surface area (Å²) in [5.41, 5.74) is 2.25. The van der Waals surface area contributed by atoms with Crippen LogP contribution in [0.1, 0.15) is 12.5 Å². The van der Waals surface area contributed by atoms with Crippen molar-refractivity contribution in [1.29, 1.82) is 0 Å². The Morgan fingerprint density at radius 1 is 1.00 bits per heavy atom. The van der Waals surface area contributed by atoms with E-state index in [4.69, 9.17) is 0 Å². The number of sulfone groups is 1. The molecule has 2 saturated heterocycles. The molecule has 2 aromatic carbocycles. The van der Waals surface area contributed by atoms with E-state index in [1.54, 1.807) is 4.90 Å². The number of anilines is 2. The lowest BCUT2D eigenvalue weighted by Crippen LogP contribution is -2.38. The van der Waals surface area contributed by atoms with Crippen molar-refractivity contribution in [2.45, 2.75) is 25.4 Å². The average Bonchev–Trinajstić information content (AvgIpc) is 3.04. The third-order valence-corrected chi connectivity index (χ3v) is 6.80. The molecule has 0 aliphatic carbocycles. The minimum Gasteiger partial charge on any atom is -0.288 e. The Kier molecular flexibility index (Phi) is 3.99. The molecule has 0 aromatic heterocycles. The van der Waals surface area contributed by atoms with Crippen LogP contribution >= 0.6 is 0 Å². The van der Waals surface area contributed by atoms with E-state index in [1.165, 1.54) is 29.2 Å². The van der Waals surface area contributed by atoms with Crippen molar-refractivity contribution in [3.63, 3.8) is 0 Å². The van der Waals surface area contributed by atoms with Crippen molar-refractivity contribution in [3.8, 4) is 0 Å². The minimum atomic E-state index is -3.25. The lowest BCUT2D eigenvalue weighted by molar-refractivity contribution is 0.255. The van der Waals surface area contributed by atoms with Crippen LogP contribution < -0.4 is 9.80 Å². The van der Waals surface area contributed by atoms with Gasteiger partial charge in [0, 0.05) is 11.4 Å². The van der Waals surface area contributed by atoms with Crippen molar-refractivity contribution < 1.29 is 17.6 Å². The number of hydrogen-bond donors (Lipinski definition) is 0. The van der Waals surface area contributed by atoms with Crippen LogP contribution in [0.4, 0.5) is 20.6 Å². The van der Waals surface area contributed by atoms with Crippen LogP contribution in [0.2, 0.25) is 0 Å². The van der Waals surface area contributed by atoms with Gasteiger partial charge >= 0.3 is 6.03 Å². The molecule has 0 unspecified atom stereocenters. The van der Waals surface area contributed by atoms with Gasteiger partial charge in [-0.1, -0.05) is 25.1 Å². The summed E-state index contributed by atoms with van der Waals surface area (Å²) in [4.78, 5) is 16.4.